The van der Waals surface area contributed by atoms with Crippen LogP contribution in [0.3, 0.4) is 0 Å². The van der Waals surface area contributed by atoms with E-state index in [-0.39, 0.29) is 24.9 Å². The van der Waals surface area contributed by atoms with Gasteiger partial charge in [0, 0.05) is 6.61 Å². The minimum Gasteiger partial charge on any atom is -0.444 e. The highest BCUT2D eigenvalue weighted by Crippen LogP contribution is 2.37. The first kappa shape index (κ1) is 25.8. The number of aliphatic hydroxyl groups is 3. The van der Waals surface area contributed by atoms with Gasteiger partial charge in [0.15, 0.2) is 14.5 Å². The Balaban J connectivity index is 2.27. The fourth-order valence-electron chi connectivity index (χ4n) is 3.19. The molecule has 0 aromatic heterocycles. The maximum absolute atomic E-state index is 13.1. The van der Waals surface area contributed by atoms with Crippen LogP contribution in [-0.4, -0.2) is 78.4 Å². The summed E-state index contributed by atoms with van der Waals surface area (Å²) in [6.07, 6.45) is -6.30. The summed E-state index contributed by atoms with van der Waals surface area (Å²) in [4.78, 5) is 14.2. The first-order chi connectivity index (χ1) is 14.4. The Morgan fingerprint density at radius 3 is 2.23 bits per heavy atom. The van der Waals surface area contributed by atoms with Crippen LogP contribution in [0.5, 0.6) is 0 Å². The Morgan fingerprint density at radius 1 is 1.06 bits per heavy atom. The van der Waals surface area contributed by atoms with Crippen molar-refractivity contribution in [3.05, 3.63) is 35.9 Å². The number of hydrogen-bond donors (Lipinski definition) is 3. The van der Waals surface area contributed by atoms with Crippen molar-refractivity contribution in [2.75, 3.05) is 13.2 Å². The lowest BCUT2D eigenvalue weighted by atomic mass is 9.93. The average Bonchev–Trinajstić information content (AvgIpc) is 2.71. The average molecular weight is 456 g/mol. The number of hydrogen-bond acceptors (Lipinski definition) is 7. The Labute approximate surface area is 185 Å². The number of nitrogens with zero attached hydrogens (tertiary/aromatic N) is 1. The molecule has 1 aliphatic heterocycles. The lowest BCUT2D eigenvalue weighted by Crippen LogP contribution is -2.69. The third-order valence-corrected chi connectivity index (χ3v) is 10.7. The lowest BCUT2D eigenvalue weighted by Gasteiger charge is -2.48. The van der Waals surface area contributed by atoms with Crippen molar-refractivity contribution >= 4 is 14.4 Å². The van der Waals surface area contributed by atoms with Crippen LogP contribution in [0.1, 0.15) is 33.3 Å². The van der Waals surface area contributed by atoms with E-state index < -0.39 is 45.0 Å². The maximum Gasteiger partial charge on any atom is 0.412 e. The molecular formula is C22H37NO7Si. The molecule has 0 bridgehead atoms. The van der Waals surface area contributed by atoms with Crippen molar-refractivity contribution in [2.45, 2.75) is 83.0 Å². The largest absolute Gasteiger partial charge is 0.444 e. The molecule has 2 rings (SSSR count). The van der Waals surface area contributed by atoms with E-state index in [2.05, 4.69) is 33.9 Å². The third-order valence-electron chi connectivity index (χ3n) is 6.19. The number of carbonyl (C=O) groups excluding carboxylic acids is 1. The van der Waals surface area contributed by atoms with Gasteiger partial charge in [0.25, 0.3) is 0 Å². The van der Waals surface area contributed by atoms with Gasteiger partial charge in [0.1, 0.15) is 24.9 Å². The van der Waals surface area contributed by atoms with Gasteiger partial charge in [-0.3, -0.25) is 4.90 Å². The molecule has 8 nitrogen and oxygen atoms in total. The Kier molecular flexibility index (Phi) is 8.66. The van der Waals surface area contributed by atoms with Gasteiger partial charge < -0.3 is 29.2 Å². The quantitative estimate of drug-likeness (QED) is 0.542. The first-order valence-electron chi connectivity index (χ1n) is 10.7. The van der Waals surface area contributed by atoms with Crippen LogP contribution < -0.4 is 0 Å². The second kappa shape index (κ2) is 10.4. The standard InChI is InChI=1S/C22H37NO7Si/c1-7-28-20-19(26)18(25)17(24)16(14-30-31(5,6)22(2,3)4)23(20)21(27)29-13-15-11-9-8-10-12-15/h8-12,16-20,24-26H,7,13-14H2,1-6H3/t16-,17+,18-,19-,20?/m1/s1. The van der Waals surface area contributed by atoms with Crippen LogP contribution in [0.2, 0.25) is 18.1 Å². The number of rotatable bonds is 7. The van der Waals surface area contributed by atoms with Gasteiger partial charge >= 0.3 is 6.09 Å². The van der Waals surface area contributed by atoms with Crippen LogP contribution in [0.4, 0.5) is 4.79 Å². The number of piperidine rings is 1. The first-order valence-corrected chi connectivity index (χ1v) is 13.6. The molecule has 1 saturated heterocycles. The fraction of sp³-hybridized carbons (Fsp3) is 0.682. The summed E-state index contributed by atoms with van der Waals surface area (Å²) in [7, 11) is -2.21. The highest BCUT2D eigenvalue weighted by Gasteiger charge is 2.52. The van der Waals surface area contributed by atoms with E-state index in [0.29, 0.717) is 0 Å². The van der Waals surface area contributed by atoms with Crippen molar-refractivity contribution < 1.29 is 34.0 Å². The zero-order chi connectivity index (χ0) is 23.4. The summed E-state index contributed by atoms with van der Waals surface area (Å²) in [6.45, 7) is 12.3. The fourth-order valence-corrected chi connectivity index (χ4v) is 4.21. The predicted octanol–water partition coefficient (Wildman–Crippen LogP) is 2.47. The molecule has 1 fully saturated rings. The zero-order valence-electron chi connectivity index (χ0n) is 19.3. The monoisotopic (exact) mass is 455 g/mol. The summed E-state index contributed by atoms with van der Waals surface area (Å²) in [6, 6.07) is 8.26. The van der Waals surface area contributed by atoms with E-state index in [1.54, 1.807) is 6.92 Å². The Hall–Kier alpha value is -1.49. The molecule has 1 amide bonds. The summed E-state index contributed by atoms with van der Waals surface area (Å²) < 4.78 is 17.3. The normalized spacial score (nSPS) is 27.3. The summed E-state index contributed by atoms with van der Waals surface area (Å²) in [5.41, 5.74) is 0.802. The summed E-state index contributed by atoms with van der Waals surface area (Å²) in [5, 5.41) is 31.5. The molecule has 1 heterocycles. The van der Waals surface area contributed by atoms with Crippen molar-refractivity contribution in [3.63, 3.8) is 0 Å². The van der Waals surface area contributed by atoms with Gasteiger partial charge in [0.2, 0.25) is 0 Å². The molecular weight excluding hydrogens is 418 g/mol. The highest BCUT2D eigenvalue weighted by atomic mass is 28.4. The summed E-state index contributed by atoms with van der Waals surface area (Å²) in [5.74, 6) is 0. The molecule has 176 valence electrons. The molecule has 0 spiro atoms. The molecule has 1 aliphatic rings. The van der Waals surface area contributed by atoms with Crippen LogP contribution >= 0.6 is 0 Å². The van der Waals surface area contributed by atoms with E-state index in [4.69, 9.17) is 13.9 Å². The lowest BCUT2D eigenvalue weighted by molar-refractivity contribution is -0.226. The van der Waals surface area contributed by atoms with E-state index in [1.165, 1.54) is 4.90 Å². The molecule has 0 radical (unpaired) electrons. The van der Waals surface area contributed by atoms with Gasteiger partial charge in [-0.25, -0.2) is 4.79 Å². The molecule has 1 unspecified atom stereocenters. The number of carbonyl (C=O) groups is 1. The van der Waals surface area contributed by atoms with Gasteiger partial charge in [-0.1, -0.05) is 51.1 Å². The maximum atomic E-state index is 13.1. The van der Waals surface area contributed by atoms with Crippen LogP contribution in [0.25, 0.3) is 0 Å². The second-order valence-corrected chi connectivity index (χ2v) is 14.2. The van der Waals surface area contributed by atoms with E-state index in [0.717, 1.165) is 5.56 Å². The van der Waals surface area contributed by atoms with E-state index in [1.807, 2.05) is 30.3 Å². The Bertz CT molecular complexity index is 710. The van der Waals surface area contributed by atoms with Crippen molar-refractivity contribution in [3.8, 4) is 0 Å². The molecule has 0 saturated carbocycles. The molecule has 1 aromatic carbocycles. The minimum absolute atomic E-state index is 0.00848. The molecule has 3 N–H and O–H groups in total. The number of aliphatic hydroxyl groups excluding tert-OH is 3. The van der Waals surface area contributed by atoms with E-state index in [9.17, 15) is 20.1 Å². The SMILES string of the molecule is CCOC1[C@H](O)[C@H](O)[C@@H](O)[C@@H](CO[Si](C)(C)C(C)(C)C)N1C(=O)OCc1ccccc1. The van der Waals surface area contributed by atoms with Gasteiger partial charge in [0.05, 0.1) is 12.6 Å². The topological polar surface area (TPSA) is 109 Å². The van der Waals surface area contributed by atoms with Gasteiger partial charge in [-0.15, -0.1) is 0 Å². The highest BCUT2D eigenvalue weighted by molar-refractivity contribution is 6.74. The third kappa shape index (κ3) is 6.06. The second-order valence-electron chi connectivity index (χ2n) is 9.40. The van der Waals surface area contributed by atoms with Gasteiger partial charge in [-0.2, -0.15) is 0 Å². The number of benzene rings is 1. The molecule has 31 heavy (non-hydrogen) atoms. The predicted molar refractivity (Wildman–Crippen MR) is 119 cm³/mol. The molecule has 1 aromatic rings. The molecule has 0 aliphatic carbocycles. The number of amides is 1. The van der Waals surface area contributed by atoms with Crippen molar-refractivity contribution in [1.82, 2.24) is 4.90 Å². The summed E-state index contributed by atoms with van der Waals surface area (Å²) >= 11 is 0. The number of likely N-dealkylation sites (tertiary alicyclic amines) is 1. The van der Waals surface area contributed by atoms with Crippen molar-refractivity contribution in [1.29, 1.82) is 0 Å². The van der Waals surface area contributed by atoms with Crippen molar-refractivity contribution in [2.24, 2.45) is 0 Å². The van der Waals surface area contributed by atoms with E-state index >= 15 is 0 Å². The van der Waals surface area contributed by atoms with Crippen LogP contribution in [-0.2, 0) is 20.5 Å². The van der Waals surface area contributed by atoms with Gasteiger partial charge in [-0.05, 0) is 30.6 Å². The molecule has 9 heteroatoms. The minimum atomic E-state index is -2.21. The number of ether oxygens (including phenoxy) is 2. The van der Waals surface area contributed by atoms with Crippen LogP contribution in [0.15, 0.2) is 30.3 Å². The van der Waals surface area contributed by atoms with Crippen LogP contribution in [0, 0.1) is 0 Å². The smallest absolute Gasteiger partial charge is 0.412 e. The Morgan fingerprint density at radius 2 is 1.68 bits per heavy atom. The zero-order valence-corrected chi connectivity index (χ0v) is 20.3. The molecule has 5 atom stereocenters.